The molecule has 1 heterocycles. The van der Waals surface area contributed by atoms with Crippen LogP contribution in [-0.2, 0) is 4.84 Å². The normalized spacial score (nSPS) is 55.1. The topological polar surface area (TPSA) is 41.8 Å². The lowest BCUT2D eigenvalue weighted by atomic mass is 9.86. The Morgan fingerprint density at radius 3 is 2.92 bits per heavy atom. The molecule has 0 aromatic heterocycles. The number of rotatable bonds is 0. The number of oxime groups is 1. The molecule has 13 heavy (non-hydrogen) atoms. The summed E-state index contributed by atoms with van der Waals surface area (Å²) in [6.07, 6.45) is 0.760. The predicted octanol–water partition coefficient (Wildman–Crippen LogP) is 1.37. The van der Waals surface area contributed by atoms with E-state index in [1.54, 1.807) is 0 Å². The molecule has 0 unspecified atom stereocenters. The van der Waals surface area contributed by atoms with Gasteiger partial charge in [-0.1, -0.05) is 19.0 Å². The van der Waals surface area contributed by atoms with E-state index in [9.17, 15) is 5.11 Å². The minimum atomic E-state index is -0.949. The summed E-state index contributed by atoms with van der Waals surface area (Å²) in [5.74, 6) is 0.429. The van der Waals surface area contributed by atoms with E-state index < -0.39 is 5.79 Å². The molecule has 1 aliphatic heterocycles. The second-order valence-electron chi connectivity index (χ2n) is 5.30. The molecule has 0 aromatic rings. The zero-order chi connectivity index (χ0) is 9.43. The summed E-state index contributed by atoms with van der Waals surface area (Å²) in [4.78, 5) is 5.11. The standard InChI is InChI=1S/C10H15NO2/c1-5-7-8-6(9(8,2)3)4-10(7,12)13-11-5/h6-8,12H,4H2,1-3H3/t6-,7+,8+,10+/m1/s1. The first-order valence-corrected chi connectivity index (χ1v) is 4.92. The first kappa shape index (κ1) is 7.80. The summed E-state index contributed by atoms with van der Waals surface area (Å²) in [7, 11) is 0. The maximum Gasteiger partial charge on any atom is 0.243 e. The molecule has 0 radical (unpaired) electrons. The zero-order valence-electron chi connectivity index (χ0n) is 8.24. The van der Waals surface area contributed by atoms with Gasteiger partial charge in [0.15, 0.2) is 0 Å². The van der Waals surface area contributed by atoms with Gasteiger partial charge in [0.05, 0.1) is 11.6 Å². The SMILES string of the molecule is CC1=NO[C@@]2(O)C[C@@H]3[C@@H]([C@H]12)C3(C)C. The van der Waals surface area contributed by atoms with E-state index in [1.165, 1.54) is 0 Å². The van der Waals surface area contributed by atoms with Gasteiger partial charge in [-0.15, -0.1) is 0 Å². The zero-order valence-corrected chi connectivity index (χ0v) is 8.24. The number of nitrogens with zero attached hydrogens (tertiary/aromatic N) is 1. The number of fused-ring (bicyclic) bond motifs is 3. The van der Waals surface area contributed by atoms with Gasteiger partial charge >= 0.3 is 0 Å². The van der Waals surface area contributed by atoms with Crippen molar-refractivity contribution in [2.75, 3.05) is 0 Å². The molecule has 0 spiro atoms. The Hall–Kier alpha value is -0.570. The highest BCUT2D eigenvalue weighted by Crippen LogP contribution is 2.72. The van der Waals surface area contributed by atoms with E-state index in [-0.39, 0.29) is 5.92 Å². The van der Waals surface area contributed by atoms with E-state index in [2.05, 4.69) is 19.0 Å². The minimum absolute atomic E-state index is 0.160. The molecular weight excluding hydrogens is 166 g/mol. The molecule has 0 bridgehead atoms. The van der Waals surface area contributed by atoms with Crippen molar-refractivity contribution >= 4 is 5.71 Å². The molecule has 4 atom stereocenters. The number of hydrogen-bond donors (Lipinski definition) is 1. The number of aliphatic hydroxyl groups is 1. The van der Waals surface area contributed by atoms with Gasteiger partial charge in [0.2, 0.25) is 5.79 Å². The average Bonchev–Trinajstić information content (AvgIpc) is 2.44. The fourth-order valence-electron chi connectivity index (χ4n) is 3.45. The van der Waals surface area contributed by atoms with Crippen LogP contribution >= 0.6 is 0 Å². The van der Waals surface area contributed by atoms with Crippen LogP contribution in [0.4, 0.5) is 0 Å². The van der Waals surface area contributed by atoms with Crippen LogP contribution in [0.5, 0.6) is 0 Å². The summed E-state index contributed by atoms with van der Waals surface area (Å²) in [5.41, 5.74) is 1.36. The van der Waals surface area contributed by atoms with E-state index in [0.717, 1.165) is 12.1 Å². The third-order valence-corrected chi connectivity index (χ3v) is 4.29. The molecule has 2 fully saturated rings. The maximum absolute atomic E-state index is 10.1. The third kappa shape index (κ3) is 0.688. The van der Waals surface area contributed by atoms with Crippen LogP contribution in [0.15, 0.2) is 5.16 Å². The van der Waals surface area contributed by atoms with Crippen LogP contribution in [-0.4, -0.2) is 16.6 Å². The van der Waals surface area contributed by atoms with Gasteiger partial charge in [0, 0.05) is 6.42 Å². The van der Waals surface area contributed by atoms with E-state index in [4.69, 9.17) is 4.84 Å². The second kappa shape index (κ2) is 1.78. The Bertz CT molecular complexity index is 310. The quantitative estimate of drug-likeness (QED) is 0.613. The minimum Gasteiger partial charge on any atom is -0.360 e. The van der Waals surface area contributed by atoms with Crippen LogP contribution in [0, 0.1) is 23.2 Å². The van der Waals surface area contributed by atoms with Crippen molar-refractivity contribution in [1.82, 2.24) is 0 Å². The van der Waals surface area contributed by atoms with Gasteiger partial charge in [-0.2, -0.15) is 0 Å². The Kier molecular flexibility index (Phi) is 1.07. The molecule has 0 saturated heterocycles. The summed E-state index contributed by atoms with van der Waals surface area (Å²) in [6.45, 7) is 6.50. The van der Waals surface area contributed by atoms with Crippen LogP contribution < -0.4 is 0 Å². The predicted molar refractivity (Wildman–Crippen MR) is 48.0 cm³/mol. The van der Waals surface area contributed by atoms with Crippen molar-refractivity contribution in [1.29, 1.82) is 0 Å². The molecule has 2 aliphatic carbocycles. The molecule has 3 heteroatoms. The fourth-order valence-corrected chi connectivity index (χ4v) is 3.45. The Morgan fingerprint density at radius 1 is 1.54 bits per heavy atom. The molecule has 0 amide bonds. The third-order valence-electron chi connectivity index (χ3n) is 4.29. The van der Waals surface area contributed by atoms with Crippen molar-refractivity contribution in [2.45, 2.75) is 33.0 Å². The van der Waals surface area contributed by atoms with Gasteiger partial charge in [0.1, 0.15) is 0 Å². The lowest BCUT2D eigenvalue weighted by Crippen LogP contribution is -2.38. The van der Waals surface area contributed by atoms with Crippen molar-refractivity contribution in [3.63, 3.8) is 0 Å². The largest absolute Gasteiger partial charge is 0.360 e. The molecule has 72 valence electrons. The monoisotopic (exact) mass is 181 g/mol. The fraction of sp³-hybridized carbons (Fsp3) is 0.900. The highest BCUT2D eigenvalue weighted by molar-refractivity contribution is 5.87. The molecular formula is C10H15NO2. The molecule has 1 N–H and O–H groups in total. The first-order chi connectivity index (χ1) is 5.97. The average molecular weight is 181 g/mol. The van der Waals surface area contributed by atoms with Crippen LogP contribution in [0.2, 0.25) is 0 Å². The smallest absolute Gasteiger partial charge is 0.243 e. The van der Waals surface area contributed by atoms with Crippen LogP contribution in [0.1, 0.15) is 27.2 Å². The highest BCUT2D eigenvalue weighted by Gasteiger charge is 2.75. The van der Waals surface area contributed by atoms with Crippen LogP contribution in [0.25, 0.3) is 0 Å². The summed E-state index contributed by atoms with van der Waals surface area (Å²) in [6, 6.07) is 0. The molecule has 3 rings (SSSR count). The van der Waals surface area contributed by atoms with Crippen LogP contribution in [0.3, 0.4) is 0 Å². The molecule has 2 saturated carbocycles. The Balaban J connectivity index is 1.98. The number of hydrogen-bond acceptors (Lipinski definition) is 3. The summed E-state index contributed by atoms with van der Waals surface area (Å²) < 4.78 is 0. The molecule has 3 aliphatic rings. The molecule has 0 aromatic carbocycles. The van der Waals surface area contributed by atoms with Crippen molar-refractivity contribution in [3.05, 3.63) is 0 Å². The van der Waals surface area contributed by atoms with Gasteiger partial charge in [0.25, 0.3) is 0 Å². The van der Waals surface area contributed by atoms with Crippen molar-refractivity contribution in [2.24, 2.45) is 28.3 Å². The lowest BCUT2D eigenvalue weighted by molar-refractivity contribution is -0.208. The lowest BCUT2D eigenvalue weighted by Gasteiger charge is -2.26. The van der Waals surface area contributed by atoms with E-state index in [0.29, 0.717) is 17.3 Å². The Morgan fingerprint density at radius 2 is 2.23 bits per heavy atom. The summed E-state index contributed by atoms with van der Waals surface area (Å²) >= 11 is 0. The molecule has 3 nitrogen and oxygen atoms in total. The van der Waals surface area contributed by atoms with E-state index in [1.807, 2.05) is 6.92 Å². The van der Waals surface area contributed by atoms with Gasteiger partial charge < -0.3 is 9.94 Å². The first-order valence-electron chi connectivity index (χ1n) is 4.92. The highest BCUT2D eigenvalue weighted by atomic mass is 16.7. The van der Waals surface area contributed by atoms with E-state index >= 15 is 0 Å². The van der Waals surface area contributed by atoms with Crippen molar-refractivity contribution in [3.8, 4) is 0 Å². The van der Waals surface area contributed by atoms with Gasteiger partial charge in [-0.25, -0.2) is 0 Å². The maximum atomic E-state index is 10.1. The van der Waals surface area contributed by atoms with Gasteiger partial charge in [-0.3, -0.25) is 0 Å². The Labute approximate surface area is 77.8 Å². The summed E-state index contributed by atoms with van der Waals surface area (Å²) in [5, 5.41) is 14.0. The second-order valence-corrected chi connectivity index (χ2v) is 5.30. The van der Waals surface area contributed by atoms with Crippen molar-refractivity contribution < 1.29 is 9.94 Å². The van der Waals surface area contributed by atoms with Gasteiger partial charge in [-0.05, 0) is 24.2 Å².